The summed E-state index contributed by atoms with van der Waals surface area (Å²) in [5, 5.41) is 0. The largest absolute Gasteiger partial charge is 0.496 e. The highest BCUT2D eigenvalue weighted by Crippen LogP contribution is 2.36. The quantitative estimate of drug-likeness (QED) is 0.869. The fourth-order valence-electron chi connectivity index (χ4n) is 2.59. The van der Waals surface area contributed by atoms with Crippen LogP contribution in [0.15, 0.2) is 29.8 Å². The maximum Gasteiger partial charge on any atom is 0.412 e. The van der Waals surface area contributed by atoms with E-state index in [1.807, 2.05) is 30.0 Å². The molecule has 0 radical (unpaired) electrons. The lowest BCUT2D eigenvalue weighted by Gasteiger charge is -2.32. The van der Waals surface area contributed by atoms with Gasteiger partial charge in [0.15, 0.2) is 0 Å². The summed E-state index contributed by atoms with van der Waals surface area (Å²) in [6.45, 7) is 2.38. The molecule has 1 heterocycles. The first-order valence-electron chi connectivity index (χ1n) is 6.78. The first-order valence-corrected chi connectivity index (χ1v) is 6.78. The van der Waals surface area contributed by atoms with E-state index in [1.54, 1.807) is 7.11 Å². The Kier molecular flexibility index (Phi) is 4.46. The van der Waals surface area contributed by atoms with Gasteiger partial charge in [0.25, 0.3) is 0 Å². The van der Waals surface area contributed by atoms with Gasteiger partial charge in [0.2, 0.25) is 0 Å². The third kappa shape index (κ3) is 3.32. The van der Waals surface area contributed by atoms with Gasteiger partial charge in [0, 0.05) is 36.0 Å². The van der Waals surface area contributed by atoms with Crippen LogP contribution in [0.2, 0.25) is 0 Å². The molecule has 0 unspecified atom stereocenters. The summed E-state index contributed by atoms with van der Waals surface area (Å²) in [4.78, 5) is 1.90. The first-order chi connectivity index (χ1) is 9.84. The standard InChI is InChI=1S/C15H19F3N2O/c1-10(19)14-12(4-3-5-13(14)21-2)20-8-6-11(7-9-20)15(16,17)18/h3-6,10H,7-9,19H2,1-2H3/t10-/m1/s1. The first kappa shape index (κ1) is 15.7. The molecule has 3 nitrogen and oxygen atoms in total. The highest BCUT2D eigenvalue weighted by molar-refractivity contribution is 5.61. The Morgan fingerprint density at radius 2 is 2.05 bits per heavy atom. The highest BCUT2D eigenvalue weighted by atomic mass is 19.4. The lowest BCUT2D eigenvalue weighted by Crippen LogP contribution is -2.33. The molecule has 6 heteroatoms. The van der Waals surface area contributed by atoms with E-state index in [-0.39, 0.29) is 19.0 Å². The molecule has 116 valence electrons. The number of ether oxygens (including phenoxy) is 1. The maximum atomic E-state index is 12.7. The topological polar surface area (TPSA) is 38.5 Å². The Hall–Kier alpha value is -1.69. The summed E-state index contributed by atoms with van der Waals surface area (Å²) in [7, 11) is 1.56. The van der Waals surface area contributed by atoms with E-state index < -0.39 is 11.7 Å². The maximum absolute atomic E-state index is 12.7. The fraction of sp³-hybridized carbons (Fsp3) is 0.467. The Morgan fingerprint density at radius 3 is 2.52 bits per heavy atom. The van der Waals surface area contributed by atoms with Gasteiger partial charge in [0.1, 0.15) is 5.75 Å². The molecule has 0 saturated carbocycles. The molecule has 0 fully saturated rings. The summed E-state index contributed by atoms with van der Waals surface area (Å²) in [6.07, 6.45) is -3.00. The van der Waals surface area contributed by atoms with Gasteiger partial charge < -0.3 is 15.4 Å². The van der Waals surface area contributed by atoms with Crippen molar-refractivity contribution in [2.24, 2.45) is 5.73 Å². The van der Waals surface area contributed by atoms with E-state index in [4.69, 9.17) is 10.5 Å². The van der Waals surface area contributed by atoms with Crippen LogP contribution in [0.5, 0.6) is 5.75 Å². The monoisotopic (exact) mass is 300 g/mol. The lowest BCUT2D eigenvalue weighted by molar-refractivity contribution is -0.0944. The number of hydrogen-bond donors (Lipinski definition) is 1. The predicted octanol–water partition coefficient (Wildman–Crippen LogP) is 3.41. The van der Waals surface area contributed by atoms with Crippen molar-refractivity contribution in [2.45, 2.75) is 25.6 Å². The van der Waals surface area contributed by atoms with Gasteiger partial charge in [-0.2, -0.15) is 13.2 Å². The van der Waals surface area contributed by atoms with E-state index >= 15 is 0 Å². The summed E-state index contributed by atoms with van der Waals surface area (Å²) in [5.41, 5.74) is 7.20. The molecule has 0 amide bonds. The minimum absolute atomic E-state index is 0.0148. The van der Waals surface area contributed by atoms with Crippen molar-refractivity contribution in [1.82, 2.24) is 0 Å². The van der Waals surface area contributed by atoms with Gasteiger partial charge in [-0.05, 0) is 25.5 Å². The Morgan fingerprint density at radius 1 is 1.33 bits per heavy atom. The van der Waals surface area contributed by atoms with Crippen LogP contribution in [-0.4, -0.2) is 26.4 Å². The van der Waals surface area contributed by atoms with Gasteiger partial charge in [0.05, 0.1) is 7.11 Å². The zero-order valence-electron chi connectivity index (χ0n) is 12.1. The van der Waals surface area contributed by atoms with Crippen LogP contribution >= 0.6 is 0 Å². The third-order valence-corrected chi connectivity index (χ3v) is 3.63. The molecular weight excluding hydrogens is 281 g/mol. The van der Waals surface area contributed by atoms with Crippen molar-refractivity contribution in [1.29, 1.82) is 0 Å². The fourth-order valence-corrected chi connectivity index (χ4v) is 2.59. The zero-order valence-corrected chi connectivity index (χ0v) is 12.1. The zero-order chi connectivity index (χ0) is 15.6. The lowest BCUT2D eigenvalue weighted by atomic mass is 10.0. The molecule has 0 bridgehead atoms. The Labute approximate surface area is 122 Å². The SMILES string of the molecule is COc1cccc(N2CC=C(C(F)(F)F)CC2)c1[C@@H](C)N. The molecule has 0 aromatic heterocycles. The van der Waals surface area contributed by atoms with E-state index in [2.05, 4.69) is 0 Å². The Balaban J connectivity index is 2.31. The van der Waals surface area contributed by atoms with Crippen molar-refractivity contribution < 1.29 is 17.9 Å². The van der Waals surface area contributed by atoms with Crippen LogP contribution in [-0.2, 0) is 0 Å². The average Bonchev–Trinajstić information content (AvgIpc) is 2.45. The van der Waals surface area contributed by atoms with Crippen LogP contribution in [0.3, 0.4) is 0 Å². The van der Waals surface area contributed by atoms with Crippen molar-refractivity contribution in [3.05, 3.63) is 35.4 Å². The molecule has 0 spiro atoms. The second kappa shape index (κ2) is 5.97. The molecular formula is C15H19F3N2O. The number of nitrogens with zero attached hydrogens (tertiary/aromatic N) is 1. The molecule has 1 aliphatic rings. The van der Waals surface area contributed by atoms with Gasteiger partial charge >= 0.3 is 6.18 Å². The molecule has 1 atom stereocenters. The van der Waals surface area contributed by atoms with E-state index in [1.165, 1.54) is 6.08 Å². The second-order valence-electron chi connectivity index (χ2n) is 5.10. The van der Waals surface area contributed by atoms with Crippen molar-refractivity contribution in [3.8, 4) is 5.75 Å². The van der Waals surface area contributed by atoms with Crippen LogP contribution in [0.25, 0.3) is 0 Å². The Bertz CT molecular complexity index is 538. The van der Waals surface area contributed by atoms with Crippen LogP contribution in [0, 0.1) is 0 Å². The molecule has 2 rings (SSSR count). The molecule has 1 aromatic rings. The number of nitrogens with two attached hydrogens (primary N) is 1. The van der Waals surface area contributed by atoms with Crippen LogP contribution in [0.4, 0.5) is 18.9 Å². The van der Waals surface area contributed by atoms with Crippen molar-refractivity contribution in [3.63, 3.8) is 0 Å². The van der Waals surface area contributed by atoms with E-state index in [9.17, 15) is 13.2 Å². The predicted molar refractivity (Wildman–Crippen MR) is 76.6 cm³/mol. The van der Waals surface area contributed by atoms with Crippen molar-refractivity contribution >= 4 is 5.69 Å². The number of methoxy groups -OCH3 is 1. The minimum Gasteiger partial charge on any atom is -0.496 e. The van der Waals surface area contributed by atoms with Gasteiger partial charge in [-0.25, -0.2) is 0 Å². The molecule has 21 heavy (non-hydrogen) atoms. The number of hydrogen-bond acceptors (Lipinski definition) is 3. The second-order valence-corrected chi connectivity index (χ2v) is 5.10. The van der Waals surface area contributed by atoms with Gasteiger partial charge in [-0.3, -0.25) is 0 Å². The molecule has 0 saturated heterocycles. The third-order valence-electron chi connectivity index (χ3n) is 3.63. The summed E-state index contributed by atoms with van der Waals surface area (Å²) in [5.74, 6) is 0.660. The van der Waals surface area contributed by atoms with E-state index in [0.717, 1.165) is 11.3 Å². The number of anilines is 1. The van der Waals surface area contributed by atoms with Crippen LogP contribution in [0.1, 0.15) is 24.9 Å². The van der Waals surface area contributed by atoms with E-state index in [0.29, 0.717) is 12.3 Å². The van der Waals surface area contributed by atoms with Crippen molar-refractivity contribution in [2.75, 3.05) is 25.1 Å². The molecule has 2 N–H and O–H groups in total. The number of alkyl halides is 3. The number of rotatable bonds is 3. The normalized spacial score (nSPS) is 17.4. The summed E-state index contributed by atoms with van der Waals surface area (Å²) in [6, 6.07) is 5.24. The average molecular weight is 300 g/mol. The molecule has 0 aliphatic carbocycles. The summed E-state index contributed by atoms with van der Waals surface area (Å²) < 4.78 is 43.3. The smallest absolute Gasteiger partial charge is 0.412 e. The number of halogens is 3. The molecule has 1 aromatic carbocycles. The minimum atomic E-state index is -4.23. The number of benzene rings is 1. The van der Waals surface area contributed by atoms with Gasteiger partial charge in [-0.15, -0.1) is 0 Å². The molecule has 1 aliphatic heterocycles. The highest BCUT2D eigenvalue weighted by Gasteiger charge is 2.35. The van der Waals surface area contributed by atoms with Crippen LogP contribution < -0.4 is 15.4 Å². The van der Waals surface area contributed by atoms with Gasteiger partial charge in [-0.1, -0.05) is 12.1 Å². The summed E-state index contributed by atoms with van der Waals surface area (Å²) >= 11 is 0.